The number of carbonyl (C=O) groups is 1. The normalized spacial score (nSPS) is 13.1. The van der Waals surface area contributed by atoms with Gasteiger partial charge in [-0.3, -0.25) is 4.79 Å². The van der Waals surface area contributed by atoms with Gasteiger partial charge in [0, 0.05) is 13.0 Å². The lowest BCUT2D eigenvalue weighted by Gasteiger charge is -2.11. The Bertz CT molecular complexity index is 330. The highest BCUT2D eigenvalue weighted by atomic mass is 32.2. The second-order valence-corrected chi connectivity index (χ2v) is 3.95. The van der Waals surface area contributed by atoms with Crippen molar-refractivity contribution in [1.82, 2.24) is 9.44 Å². The van der Waals surface area contributed by atoms with E-state index in [4.69, 9.17) is 11.5 Å². The predicted octanol–water partition coefficient (Wildman–Crippen LogP) is -1.09. The summed E-state index contributed by atoms with van der Waals surface area (Å²) in [6.07, 6.45) is 4.70. The minimum absolute atomic E-state index is 0.178. The van der Waals surface area contributed by atoms with E-state index in [1.54, 1.807) is 6.92 Å². The molecule has 7 heteroatoms. The van der Waals surface area contributed by atoms with Crippen LogP contribution in [0.5, 0.6) is 0 Å². The standard InChI is InChI=1S/C7H12N2O4S/c1-3-5-6(7(10)11)9-14(12,13)8-4-2/h1,6,8-9H,4-5H2,2H3,(H,10,11). The molecule has 0 heterocycles. The van der Waals surface area contributed by atoms with Crippen molar-refractivity contribution in [3.05, 3.63) is 0 Å². The molecule has 0 saturated carbocycles. The molecule has 14 heavy (non-hydrogen) atoms. The Labute approximate surface area is 82.9 Å². The van der Waals surface area contributed by atoms with Crippen LogP contribution in [0.15, 0.2) is 0 Å². The molecule has 0 saturated heterocycles. The molecule has 80 valence electrons. The Hall–Kier alpha value is -1.10. The topological polar surface area (TPSA) is 95.5 Å². The summed E-state index contributed by atoms with van der Waals surface area (Å²) < 4.78 is 26.1. The van der Waals surface area contributed by atoms with Crippen LogP contribution in [0.2, 0.25) is 0 Å². The first kappa shape index (κ1) is 12.9. The third-order valence-corrected chi connectivity index (χ3v) is 2.52. The van der Waals surface area contributed by atoms with E-state index in [2.05, 4.69) is 10.6 Å². The number of nitrogens with one attached hydrogen (secondary N) is 2. The second kappa shape index (κ2) is 5.59. The van der Waals surface area contributed by atoms with Crippen molar-refractivity contribution < 1.29 is 18.3 Å². The van der Waals surface area contributed by atoms with Crippen molar-refractivity contribution in [2.75, 3.05) is 6.54 Å². The van der Waals surface area contributed by atoms with Crippen molar-refractivity contribution in [3.63, 3.8) is 0 Å². The van der Waals surface area contributed by atoms with Gasteiger partial charge in [-0.05, 0) is 0 Å². The lowest BCUT2D eigenvalue weighted by molar-refractivity contribution is -0.138. The van der Waals surface area contributed by atoms with E-state index in [-0.39, 0.29) is 13.0 Å². The third kappa shape index (κ3) is 4.81. The fourth-order valence-corrected chi connectivity index (χ4v) is 1.74. The van der Waals surface area contributed by atoms with Crippen LogP contribution in [-0.2, 0) is 15.0 Å². The summed E-state index contributed by atoms with van der Waals surface area (Å²) in [6.45, 7) is 1.76. The molecule has 0 aromatic rings. The molecule has 0 aliphatic rings. The smallest absolute Gasteiger partial charge is 0.322 e. The van der Waals surface area contributed by atoms with Crippen molar-refractivity contribution in [2.45, 2.75) is 19.4 Å². The van der Waals surface area contributed by atoms with Gasteiger partial charge >= 0.3 is 5.97 Å². The maximum Gasteiger partial charge on any atom is 0.322 e. The zero-order valence-electron chi connectivity index (χ0n) is 7.65. The number of carboxylic acid groups (broad SMARTS) is 1. The first-order valence-electron chi connectivity index (χ1n) is 3.86. The number of hydrogen-bond acceptors (Lipinski definition) is 3. The van der Waals surface area contributed by atoms with Crippen LogP contribution in [0.4, 0.5) is 0 Å². The van der Waals surface area contributed by atoms with Gasteiger partial charge in [0.1, 0.15) is 6.04 Å². The lowest BCUT2D eigenvalue weighted by atomic mass is 10.2. The maximum absolute atomic E-state index is 11.1. The average molecular weight is 220 g/mol. The first-order chi connectivity index (χ1) is 6.43. The summed E-state index contributed by atoms with van der Waals surface area (Å²) >= 11 is 0. The first-order valence-corrected chi connectivity index (χ1v) is 5.34. The van der Waals surface area contributed by atoms with E-state index in [1.165, 1.54) is 0 Å². The molecule has 1 atom stereocenters. The largest absolute Gasteiger partial charge is 0.480 e. The Morgan fingerprint density at radius 2 is 2.21 bits per heavy atom. The molecular weight excluding hydrogens is 208 g/mol. The quantitative estimate of drug-likeness (QED) is 0.495. The molecule has 0 aliphatic carbocycles. The molecule has 0 spiro atoms. The monoisotopic (exact) mass is 220 g/mol. The van der Waals surface area contributed by atoms with Crippen LogP contribution in [0, 0.1) is 12.3 Å². The maximum atomic E-state index is 11.1. The summed E-state index contributed by atoms with van der Waals surface area (Å²) in [5, 5.41) is 8.59. The summed E-state index contributed by atoms with van der Waals surface area (Å²) in [7, 11) is -3.77. The van der Waals surface area contributed by atoms with Crippen LogP contribution < -0.4 is 9.44 Å². The highest BCUT2D eigenvalue weighted by molar-refractivity contribution is 7.87. The van der Waals surface area contributed by atoms with Crippen molar-refractivity contribution in [2.24, 2.45) is 0 Å². The summed E-state index contributed by atoms with van der Waals surface area (Å²) in [5.74, 6) is 0.777. The molecule has 0 aromatic carbocycles. The van der Waals surface area contributed by atoms with Gasteiger partial charge in [-0.2, -0.15) is 13.1 Å². The predicted molar refractivity (Wildman–Crippen MR) is 50.6 cm³/mol. The summed E-state index contributed by atoms with van der Waals surface area (Å²) in [6, 6.07) is -1.29. The fourth-order valence-electron chi connectivity index (χ4n) is 0.716. The van der Waals surface area contributed by atoms with Crippen LogP contribution in [-0.4, -0.2) is 32.1 Å². The molecular formula is C7H12N2O4S. The number of hydrogen-bond donors (Lipinski definition) is 3. The van der Waals surface area contributed by atoms with E-state index in [0.717, 1.165) is 0 Å². The van der Waals surface area contributed by atoms with E-state index in [0.29, 0.717) is 0 Å². The Morgan fingerprint density at radius 1 is 1.64 bits per heavy atom. The lowest BCUT2D eigenvalue weighted by Crippen LogP contribution is -2.46. The van der Waals surface area contributed by atoms with Crippen molar-refractivity contribution in [1.29, 1.82) is 0 Å². The Kier molecular flexibility index (Phi) is 5.15. The molecule has 6 nitrogen and oxygen atoms in total. The van der Waals surface area contributed by atoms with Gasteiger partial charge in [-0.1, -0.05) is 6.92 Å². The van der Waals surface area contributed by atoms with Gasteiger partial charge < -0.3 is 5.11 Å². The molecule has 0 bridgehead atoms. The van der Waals surface area contributed by atoms with Crippen LogP contribution in [0.3, 0.4) is 0 Å². The number of carboxylic acids is 1. The molecule has 0 aromatic heterocycles. The van der Waals surface area contributed by atoms with Crippen molar-refractivity contribution >= 4 is 16.2 Å². The number of aliphatic carboxylic acids is 1. The molecule has 0 radical (unpaired) electrons. The molecule has 1 unspecified atom stereocenters. The van der Waals surface area contributed by atoms with Gasteiger partial charge in [0.15, 0.2) is 0 Å². The van der Waals surface area contributed by atoms with Crippen molar-refractivity contribution in [3.8, 4) is 12.3 Å². The summed E-state index contributed by atoms with van der Waals surface area (Å²) in [4.78, 5) is 10.5. The van der Waals surface area contributed by atoms with Gasteiger partial charge in [-0.25, -0.2) is 4.72 Å². The van der Waals surface area contributed by atoms with E-state index in [9.17, 15) is 13.2 Å². The second-order valence-electron chi connectivity index (χ2n) is 2.42. The SMILES string of the molecule is C#CCC(NS(=O)(=O)NCC)C(=O)O. The van der Waals surface area contributed by atoms with E-state index < -0.39 is 22.2 Å². The Morgan fingerprint density at radius 3 is 2.57 bits per heavy atom. The van der Waals surface area contributed by atoms with Crippen LogP contribution >= 0.6 is 0 Å². The van der Waals surface area contributed by atoms with Crippen LogP contribution in [0.1, 0.15) is 13.3 Å². The van der Waals surface area contributed by atoms with Gasteiger partial charge in [0.25, 0.3) is 10.2 Å². The summed E-state index contributed by atoms with van der Waals surface area (Å²) in [5.41, 5.74) is 0. The average Bonchev–Trinajstić information content (AvgIpc) is 2.02. The van der Waals surface area contributed by atoms with Crippen LogP contribution in [0.25, 0.3) is 0 Å². The zero-order chi connectivity index (χ0) is 11.2. The number of terminal acetylenes is 1. The molecule has 0 amide bonds. The van der Waals surface area contributed by atoms with Gasteiger partial charge in [-0.15, -0.1) is 12.3 Å². The molecule has 0 rings (SSSR count). The third-order valence-electron chi connectivity index (χ3n) is 1.25. The van der Waals surface area contributed by atoms with E-state index >= 15 is 0 Å². The van der Waals surface area contributed by atoms with E-state index in [1.807, 2.05) is 4.72 Å². The number of rotatable bonds is 6. The minimum Gasteiger partial charge on any atom is -0.480 e. The Balaban J connectivity index is 4.46. The molecule has 3 N–H and O–H groups in total. The fraction of sp³-hybridized carbons (Fsp3) is 0.571. The molecule has 0 fully saturated rings. The van der Waals surface area contributed by atoms with Gasteiger partial charge in [0.2, 0.25) is 0 Å². The highest BCUT2D eigenvalue weighted by Crippen LogP contribution is 1.93. The van der Waals surface area contributed by atoms with Gasteiger partial charge in [0.05, 0.1) is 0 Å². The minimum atomic E-state index is -3.77. The zero-order valence-corrected chi connectivity index (χ0v) is 8.47. The molecule has 0 aliphatic heterocycles. The highest BCUT2D eigenvalue weighted by Gasteiger charge is 2.22.